The summed E-state index contributed by atoms with van der Waals surface area (Å²) in [5.74, 6) is 0. The van der Waals surface area contributed by atoms with Crippen LogP contribution in [0.4, 0.5) is 0 Å². The van der Waals surface area contributed by atoms with Gasteiger partial charge in [-0.1, -0.05) is 157 Å². The number of hydrogen-bond acceptors (Lipinski definition) is 0. The summed E-state index contributed by atoms with van der Waals surface area (Å²) in [5, 5.41) is 0. The molecule has 180 valence electrons. The van der Waals surface area contributed by atoms with Gasteiger partial charge in [-0.15, -0.1) is 0 Å². The van der Waals surface area contributed by atoms with Crippen LogP contribution in [0, 0.1) is 6.92 Å². The molecule has 0 nitrogen and oxygen atoms in total. The van der Waals surface area contributed by atoms with Gasteiger partial charge in [0.1, 0.15) is 0 Å². The van der Waals surface area contributed by atoms with E-state index in [1.807, 2.05) is 0 Å². The van der Waals surface area contributed by atoms with Crippen LogP contribution in [-0.4, -0.2) is 0 Å². The van der Waals surface area contributed by atoms with Gasteiger partial charge in [0, 0.05) is 0 Å². The second-order valence-corrected chi connectivity index (χ2v) is 10.2. The van der Waals surface area contributed by atoms with Crippen LogP contribution in [0.5, 0.6) is 0 Å². The van der Waals surface area contributed by atoms with Crippen molar-refractivity contribution < 1.29 is 0 Å². The van der Waals surface area contributed by atoms with Crippen molar-refractivity contribution in [3.05, 3.63) is 179 Å². The van der Waals surface area contributed by atoms with Crippen LogP contribution in [0.2, 0.25) is 0 Å². The summed E-state index contributed by atoms with van der Waals surface area (Å²) in [7, 11) is 0. The van der Waals surface area contributed by atoms with Crippen LogP contribution in [0.3, 0.4) is 0 Å². The summed E-state index contributed by atoms with van der Waals surface area (Å²) in [5.41, 5.74) is 13.8. The van der Waals surface area contributed by atoms with Gasteiger partial charge in [-0.2, -0.15) is 0 Å². The second-order valence-electron chi connectivity index (χ2n) is 10.2. The van der Waals surface area contributed by atoms with Crippen LogP contribution in [0.1, 0.15) is 27.8 Å². The highest BCUT2D eigenvalue weighted by Crippen LogP contribution is 2.56. The lowest BCUT2D eigenvalue weighted by atomic mass is 9.67. The zero-order valence-corrected chi connectivity index (χ0v) is 21.4. The second kappa shape index (κ2) is 9.01. The summed E-state index contributed by atoms with van der Waals surface area (Å²) in [6, 6.07) is 55.6. The van der Waals surface area contributed by atoms with Crippen LogP contribution in [0.25, 0.3) is 33.4 Å². The first-order valence-electron chi connectivity index (χ1n) is 13.3. The van der Waals surface area contributed by atoms with Crippen molar-refractivity contribution in [1.29, 1.82) is 0 Å². The van der Waals surface area contributed by atoms with Crippen molar-refractivity contribution in [2.45, 2.75) is 12.3 Å². The molecule has 0 heterocycles. The third kappa shape index (κ3) is 3.45. The van der Waals surface area contributed by atoms with Gasteiger partial charge in [-0.05, 0) is 62.6 Å². The first-order chi connectivity index (χ1) is 18.7. The fourth-order valence-electron chi connectivity index (χ4n) is 6.27. The Morgan fingerprint density at radius 3 is 1.37 bits per heavy atom. The summed E-state index contributed by atoms with van der Waals surface area (Å²) in [6.07, 6.45) is 0. The Morgan fingerprint density at radius 1 is 0.368 bits per heavy atom. The van der Waals surface area contributed by atoms with Gasteiger partial charge in [-0.25, -0.2) is 0 Å². The molecular formula is C38H28. The summed E-state index contributed by atoms with van der Waals surface area (Å²) in [4.78, 5) is 0. The van der Waals surface area contributed by atoms with Gasteiger partial charge in [0.05, 0.1) is 5.41 Å². The van der Waals surface area contributed by atoms with Crippen LogP contribution in [0.15, 0.2) is 152 Å². The lowest BCUT2D eigenvalue weighted by Gasteiger charge is -2.34. The molecule has 0 amide bonds. The quantitative estimate of drug-likeness (QED) is 0.233. The summed E-state index contributed by atoms with van der Waals surface area (Å²) < 4.78 is 0. The minimum absolute atomic E-state index is 0.387. The molecule has 6 aromatic rings. The molecule has 38 heavy (non-hydrogen) atoms. The van der Waals surface area contributed by atoms with E-state index in [4.69, 9.17) is 0 Å². The van der Waals surface area contributed by atoms with E-state index >= 15 is 0 Å². The average molecular weight is 485 g/mol. The van der Waals surface area contributed by atoms with E-state index in [9.17, 15) is 0 Å². The topological polar surface area (TPSA) is 0 Å². The van der Waals surface area contributed by atoms with E-state index in [1.54, 1.807) is 0 Å². The number of benzene rings is 6. The van der Waals surface area contributed by atoms with Crippen molar-refractivity contribution >= 4 is 0 Å². The Hall–Kier alpha value is -4.68. The van der Waals surface area contributed by atoms with Crippen LogP contribution in [-0.2, 0) is 5.41 Å². The first kappa shape index (κ1) is 22.5. The molecule has 6 aromatic carbocycles. The Morgan fingerprint density at radius 2 is 0.816 bits per heavy atom. The van der Waals surface area contributed by atoms with Crippen molar-refractivity contribution in [2.24, 2.45) is 0 Å². The predicted molar refractivity (Wildman–Crippen MR) is 159 cm³/mol. The normalized spacial score (nSPS) is 13.1. The Labute approximate surface area is 224 Å². The zero-order chi connectivity index (χ0) is 25.5. The maximum absolute atomic E-state index is 2.39. The summed E-state index contributed by atoms with van der Waals surface area (Å²) >= 11 is 0. The monoisotopic (exact) mass is 484 g/mol. The van der Waals surface area contributed by atoms with E-state index in [0.717, 1.165) is 0 Å². The highest BCUT2D eigenvalue weighted by atomic mass is 14.5. The molecule has 1 aliphatic rings. The third-order valence-corrected chi connectivity index (χ3v) is 8.05. The molecule has 0 saturated carbocycles. The van der Waals surface area contributed by atoms with Crippen molar-refractivity contribution in [1.82, 2.24) is 0 Å². The largest absolute Gasteiger partial charge is 0.0713 e. The molecule has 1 aliphatic carbocycles. The van der Waals surface area contributed by atoms with E-state index in [0.29, 0.717) is 0 Å². The number of fused-ring (bicyclic) bond motifs is 3. The molecule has 0 spiro atoms. The van der Waals surface area contributed by atoms with E-state index in [-0.39, 0.29) is 5.41 Å². The fraction of sp³-hybridized carbons (Fsp3) is 0.0526. The molecule has 0 aromatic heterocycles. The number of hydrogen-bond donors (Lipinski definition) is 0. The molecule has 0 aliphatic heterocycles. The molecule has 0 bridgehead atoms. The smallest absolute Gasteiger partial charge is 0.0622 e. The lowest BCUT2D eigenvalue weighted by Crippen LogP contribution is -2.28. The molecule has 0 unspecified atom stereocenters. The minimum atomic E-state index is -0.387. The molecule has 0 heteroatoms. The zero-order valence-electron chi connectivity index (χ0n) is 21.4. The molecular weight excluding hydrogens is 456 g/mol. The summed E-state index contributed by atoms with van der Waals surface area (Å²) in [6.45, 7) is 2.20. The van der Waals surface area contributed by atoms with Gasteiger partial charge >= 0.3 is 0 Å². The van der Waals surface area contributed by atoms with Gasteiger partial charge in [0.2, 0.25) is 0 Å². The van der Waals surface area contributed by atoms with Gasteiger partial charge in [0.15, 0.2) is 0 Å². The van der Waals surface area contributed by atoms with E-state index in [1.165, 1.54) is 61.2 Å². The molecule has 0 saturated heterocycles. The molecule has 7 rings (SSSR count). The standard InChI is InChI=1S/C38H28/c1-27-16-25-35-34-14-8-9-15-36(34)38(37(35)26-27,32-21-17-30(18-22-32)28-10-4-2-5-11-28)33-23-19-31(20-24-33)29-12-6-3-7-13-29/h2-26H,1H3. The first-order valence-corrected chi connectivity index (χ1v) is 13.3. The molecule has 0 fully saturated rings. The van der Waals surface area contributed by atoms with Crippen molar-refractivity contribution in [2.75, 3.05) is 0 Å². The maximum atomic E-state index is 2.39. The molecule has 0 N–H and O–H groups in total. The van der Waals surface area contributed by atoms with E-state index in [2.05, 4.69) is 159 Å². The van der Waals surface area contributed by atoms with Gasteiger partial charge in [0.25, 0.3) is 0 Å². The Balaban J connectivity index is 1.48. The lowest BCUT2D eigenvalue weighted by molar-refractivity contribution is 0.768. The highest BCUT2D eigenvalue weighted by Gasteiger charge is 2.46. The molecule has 0 atom stereocenters. The van der Waals surface area contributed by atoms with Crippen LogP contribution >= 0.6 is 0 Å². The third-order valence-electron chi connectivity index (χ3n) is 8.05. The van der Waals surface area contributed by atoms with Crippen molar-refractivity contribution in [3.63, 3.8) is 0 Å². The Kier molecular flexibility index (Phi) is 5.34. The maximum Gasteiger partial charge on any atom is 0.0713 e. The molecule has 0 radical (unpaired) electrons. The van der Waals surface area contributed by atoms with E-state index < -0.39 is 0 Å². The highest BCUT2D eigenvalue weighted by molar-refractivity contribution is 5.87. The van der Waals surface area contributed by atoms with Gasteiger partial charge < -0.3 is 0 Å². The minimum Gasteiger partial charge on any atom is -0.0622 e. The van der Waals surface area contributed by atoms with Crippen LogP contribution < -0.4 is 0 Å². The van der Waals surface area contributed by atoms with Crippen molar-refractivity contribution in [3.8, 4) is 33.4 Å². The SMILES string of the molecule is Cc1ccc2c(c1)C(c1ccc(-c3ccccc3)cc1)(c1ccc(-c3ccccc3)cc1)c1ccccc1-2. The Bertz CT molecular complexity index is 1640. The fourth-order valence-corrected chi connectivity index (χ4v) is 6.27. The number of rotatable bonds is 4. The number of aryl methyl sites for hydroxylation is 1. The average Bonchev–Trinajstić information content (AvgIpc) is 3.28. The van der Waals surface area contributed by atoms with Gasteiger partial charge in [-0.3, -0.25) is 0 Å². The predicted octanol–water partition coefficient (Wildman–Crippen LogP) is 9.69.